The number of rotatable bonds is 4. The zero-order chi connectivity index (χ0) is 17.0. The summed E-state index contributed by atoms with van der Waals surface area (Å²) in [6.45, 7) is 0. The van der Waals surface area contributed by atoms with Gasteiger partial charge in [0.25, 0.3) is 0 Å². The van der Waals surface area contributed by atoms with Gasteiger partial charge in [-0.25, -0.2) is 16.8 Å². The Morgan fingerprint density at radius 3 is 1.26 bits per heavy atom. The zero-order valence-electron chi connectivity index (χ0n) is 11.2. The number of hydrogen-bond donors (Lipinski definition) is 2. The molecule has 0 bridgehead atoms. The molecule has 6 nitrogen and oxygen atoms in total. The van der Waals surface area contributed by atoms with Crippen molar-refractivity contribution in [2.24, 2.45) is 8.73 Å². The van der Waals surface area contributed by atoms with Crippen LogP contribution in [0.4, 0.5) is 19.1 Å². The van der Waals surface area contributed by atoms with Gasteiger partial charge >= 0.3 is 0 Å². The minimum atomic E-state index is -3.85. The van der Waals surface area contributed by atoms with Gasteiger partial charge in [0.2, 0.25) is 9.84 Å². The highest BCUT2D eigenvalue weighted by Crippen LogP contribution is 2.25. The standard InChI is InChI=1S/C12H10F2N2O4S3/c13-21(17)15-9-1-5-11(6-2-9)23(19,20)12-7-3-10(4-8-12)16-22(14)18/h1-8,21-22H. The molecule has 0 saturated carbocycles. The van der Waals surface area contributed by atoms with E-state index in [1.807, 2.05) is 0 Å². The summed E-state index contributed by atoms with van der Waals surface area (Å²) in [6.07, 6.45) is 0. The molecule has 0 aliphatic heterocycles. The van der Waals surface area contributed by atoms with Gasteiger partial charge in [-0.1, -0.05) is 0 Å². The topological polar surface area (TPSA) is 93.0 Å². The number of sulfone groups is 1. The Kier molecular flexibility index (Phi) is 5.44. The first-order valence-corrected chi connectivity index (χ1v) is 9.62. The van der Waals surface area contributed by atoms with Crippen LogP contribution in [0.5, 0.6) is 0 Å². The second-order valence-electron chi connectivity index (χ2n) is 4.14. The second-order valence-corrected chi connectivity index (χ2v) is 7.40. The third-order valence-electron chi connectivity index (χ3n) is 2.68. The lowest BCUT2D eigenvalue weighted by Gasteiger charge is -2.05. The van der Waals surface area contributed by atoms with Crippen molar-refractivity contribution in [3.8, 4) is 0 Å². The molecule has 0 aromatic heterocycles. The van der Waals surface area contributed by atoms with E-state index in [9.17, 15) is 24.6 Å². The fourth-order valence-electron chi connectivity index (χ4n) is 1.70. The second kappa shape index (κ2) is 7.15. The molecule has 0 aliphatic carbocycles. The van der Waals surface area contributed by atoms with E-state index in [0.717, 1.165) is 0 Å². The van der Waals surface area contributed by atoms with E-state index in [2.05, 4.69) is 8.73 Å². The molecule has 0 aliphatic rings. The average Bonchev–Trinajstić information content (AvgIpc) is 2.47. The van der Waals surface area contributed by atoms with Crippen molar-refractivity contribution in [3.63, 3.8) is 0 Å². The van der Waals surface area contributed by atoms with Crippen LogP contribution in [-0.4, -0.2) is 16.8 Å². The highest BCUT2D eigenvalue weighted by molar-refractivity contribution is 7.91. The predicted molar refractivity (Wildman–Crippen MR) is 83.8 cm³/mol. The molecule has 2 unspecified atom stereocenters. The molecule has 2 aromatic rings. The van der Waals surface area contributed by atoms with Crippen LogP contribution in [0.2, 0.25) is 0 Å². The SMILES string of the molecule is O=[SH](/F)=N/c1ccc(S(=O)(=O)c2ccc(/N=[SH](=O)/F)cc2)cc1. The molecular formula is C12H10F2N2O4S3. The van der Waals surface area contributed by atoms with Crippen molar-refractivity contribution in [1.82, 2.24) is 0 Å². The van der Waals surface area contributed by atoms with Crippen LogP contribution in [0.3, 0.4) is 0 Å². The summed E-state index contributed by atoms with van der Waals surface area (Å²) >= 11 is 0. The number of thiol groups is 2. The maximum atomic E-state index is 12.4. The van der Waals surface area contributed by atoms with Crippen LogP contribution < -0.4 is 0 Å². The van der Waals surface area contributed by atoms with Gasteiger partial charge in [0.15, 0.2) is 22.0 Å². The summed E-state index contributed by atoms with van der Waals surface area (Å²) in [4.78, 5) is -0.154. The number of nitrogens with zero attached hydrogens (tertiary/aromatic N) is 2. The molecular weight excluding hydrogens is 370 g/mol. The summed E-state index contributed by atoms with van der Waals surface area (Å²) in [5, 5.41) is 0. The van der Waals surface area contributed by atoms with E-state index in [4.69, 9.17) is 0 Å². The molecule has 11 heteroatoms. The lowest BCUT2D eigenvalue weighted by atomic mass is 10.3. The molecule has 2 rings (SSSR count). The first-order chi connectivity index (χ1) is 10.8. The maximum absolute atomic E-state index is 12.4. The minimum Gasteiger partial charge on any atom is -0.219 e. The Labute approximate surface area is 135 Å². The smallest absolute Gasteiger partial charge is 0.206 e. The van der Waals surface area contributed by atoms with Crippen molar-refractivity contribution in [2.45, 2.75) is 9.79 Å². The van der Waals surface area contributed by atoms with Crippen LogP contribution >= 0.6 is 0 Å². The molecule has 2 atom stereocenters. The quantitative estimate of drug-likeness (QED) is 0.630. The summed E-state index contributed by atoms with van der Waals surface area (Å²) in [6, 6.07) is 9.67. The monoisotopic (exact) mass is 380 g/mol. The Morgan fingerprint density at radius 2 is 1.00 bits per heavy atom. The highest BCUT2D eigenvalue weighted by atomic mass is 32.2. The first kappa shape index (κ1) is 17.5. The predicted octanol–water partition coefficient (Wildman–Crippen LogP) is 2.88. The van der Waals surface area contributed by atoms with Gasteiger partial charge in [-0.05, 0) is 48.5 Å². The van der Waals surface area contributed by atoms with Crippen molar-refractivity contribution in [2.75, 3.05) is 0 Å². The Morgan fingerprint density at radius 1 is 0.696 bits per heavy atom. The summed E-state index contributed by atoms with van der Waals surface area (Å²) in [5.41, 5.74) is 0.0990. The lowest BCUT2D eigenvalue weighted by molar-refractivity contribution is 0.596. The Bertz CT molecular complexity index is 898. The van der Waals surface area contributed by atoms with Gasteiger partial charge in [0, 0.05) is 0 Å². The molecule has 0 radical (unpaired) electrons. The molecule has 0 N–H and O–H groups in total. The largest absolute Gasteiger partial charge is 0.219 e. The summed E-state index contributed by atoms with van der Waals surface area (Å²) in [7, 11) is -10.3. The zero-order valence-corrected chi connectivity index (χ0v) is 13.8. The van der Waals surface area contributed by atoms with Gasteiger partial charge in [0.1, 0.15) is 0 Å². The number of halogens is 2. The van der Waals surface area contributed by atoms with Crippen molar-refractivity contribution in [3.05, 3.63) is 48.5 Å². The molecule has 0 fully saturated rings. The normalized spacial score (nSPS) is 14.7. The van der Waals surface area contributed by atoms with Gasteiger partial charge in [0.05, 0.1) is 21.2 Å². The number of hydrogen-bond acceptors (Lipinski definition) is 6. The van der Waals surface area contributed by atoms with E-state index < -0.39 is 31.8 Å². The molecule has 0 spiro atoms. The average molecular weight is 380 g/mol. The van der Waals surface area contributed by atoms with E-state index in [-0.39, 0.29) is 21.2 Å². The van der Waals surface area contributed by atoms with E-state index in [0.29, 0.717) is 0 Å². The third-order valence-corrected chi connectivity index (χ3v) is 5.24. The molecule has 124 valence electrons. The van der Waals surface area contributed by atoms with Gasteiger partial charge in [-0.2, -0.15) is 8.73 Å². The fraction of sp³-hybridized carbons (Fsp3) is 0. The summed E-state index contributed by atoms with van der Waals surface area (Å²) < 4.78 is 76.4. The van der Waals surface area contributed by atoms with Gasteiger partial charge in [-0.15, -0.1) is 7.77 Å². The Hall–Kier alpha value is -1.85. The maximum Gasteiger partial charge on any atom is 0.206 e. The van der Waals surface area contributed by atoms with Crippen molar-refractivity contribution in [1.29, 1.82) is 0 Å². The van der Waals surface area contributed by atoms with Crippen molar-refractivity contribution < 1.29 is 24.6 Å². The highest BCUT2D eigenvalue weighted by Gasteiger charge is 2.17. The van der Waals surface area contributed by atoms with Gasteiger partial charge in [-0.3, -0.25) is 0 Å². The Balaban J connectivity index is 2.38. The molecule has 0 heterocycles. The van der Waals surface area contributed by atoms with Crippen LogP contribution in [0.1, 0.15) is 0 Å². The first-order valence-electron chi connectivity index (χ1n) is 5.93. The summed E-state index contributed by atoms with van der Waals surface area (Å²) in [5.74, 6) is 0. The van der Waals surface area contributed by atoms with Crippen LogP contribution in [0.25, 0.3) is 0 Å². The molecule has 0 saturated heterocycles. The number of benzene rings is 2. The molecule has 23 heavy (non-hydrogen) atoms. The third kappa shape index (κ3) is 4.56. The van der Waals surface area contributed by atoms with Crippen LogP contribution in [0.15, 0.2) is 67.0 Å². The van der Waals surface area contributed by atoms with Gasteiger partial charge < -0.3 is 0 Å². The lowest BCUT2D eigenvalue weighted by Crippen LogP contribution is -2.01. The van der Waals surface area contributed by atoms with Crippen LogP contribution in [0, 0.1) is 0 Å². The molecule has 0 amide bonds. The van der Waals surface area contributed by atoms with E-state index in [1.54, 1.807) is 0 Å². The fourth-order valence-corrected chi connectivity index (χ4v) is 3.59. The molecule has 2 aromatic carbocycles. The van der Waals surface area contributed by atoms with E-state index in [1.165, 1.54) is 48.5 Å². The van der Waals surface area contributed by atoms with Crippen molar-refractivity contribution >= 4 is 43.2 Å². The van der Waals surface area contributed by atoms with Crippen LogP contribution in [-0.2, 0) is 31.8 Å². The van der Waals surface area contributed by atoms with E-state index >= 15 is 0 Å². The minimum absolute atomic E-state index is 0.0495.